The highest BCUT2D eigenvalue weighted by Crippen LogP contribution is 2.21. The molecule has 0 aliphatic carbocycles. The van der Waals surface area contributed by atoms with Crippen molar-refractivity contribution >= 4 is 5.97 Å². The first kappa shape index (κ1) is 15.1. The topological polar surface area (TPSA) is 61.5 Å². The summed E-state index contributed by atoms with van der Waals surface area (Å²) in [5, 5.41) is 0. The van der Waals surface area contributed by atoms with Gasteiger partial charge in [0, 0.05) is 12.1 Å². The van der Waals surface area contributed by atoms with Crippen molar-refractivity contribution in [3.05, 3.63) is 64.7 Å². The van der Waals surface area contributed by atoms with Crippen LogP contribution in [0, 0.1) is 6.92 Å². The smallest absolute Gasteiger partial charge is 0.337 e. The molecule has 0 unspecified atom stereocenters. The van der Waals surface area contributed by atoms with Gasteiger partial charge in [0.05, 0.1) is 12.7 Å². The zero-order valence-electron chi connectivity index (χ0n) is 12.3. The van der Waals surface area contributed by atoms with Crippen molar-refractivity contribution in [2.24, 2.45) is 5.73 Å². The van der Waals surface area contributed by atoms with E-state index in [1.807, 2.05) is 37.3 Å². The van der Waals surface area contributed by atoms with E-state index < -0.39 is 0 Å². The molecule has 0 aliphatic heterocycles. The third-order valence-electron chi connectivity index (χ3n) is 3.21. The van der Waals surface area contributed by atoms with Crippen LogP contribution < -0.4 is 10.5 Å². The molecule has 0 fully saturated rings. The number of carbonyl (C=O) groups is 1. The predicted octanol–water partition coefficient (Wildman–Crippen LogP) is 2.82. The summed E-state index contributed by atoms with van der Waals surface area (Å²) in [6, 6.07) is 13.1. The van der Waals surface area contributed by atoms with Gasteiger partial charge >= 0.3 is 5.97 Å². The van der Waals surface area contributed by atoms with E-state index in [0.717, 1.165) is 22.4 Å². The molecule has 0 atom stereocenters. The van der Waals surface area contributed by atoms with Crippen molar-refractivity contribution in [3.63, 3.8) is 0 Å². The molecule has 110 valence electrons. The maximum absolute atomic E-state index is 11.4. The summed E-state index contributed by atoms with van der Waals surface area (Å²) in [7, 11) is 1.37. The van der Waals surface area contributed by atoms with E-state index in [1.165, 1.54) is 7.11 Å². The zero-order valence-corrected chi connectivity index (χ0v) is 12.3. The van der Waals surface area contributed by atoms with E-state index in [0.29, 0.717) is 18.7 Å². The van der Waals surface area contributed by atoms with Crippen LogP contribution in [0.4, 0.5) is 0 Å². The second-order valence-electron chi connectivity index (χ2n) is 4.79. The molecule has 2 aromatic rings. The van der Waals surface area contributed by atoms with E-state index in [4.69, 9.17) is 10.5 Å². The lowest BCUT2D eigenvalue weighted by Gasteiger charge is -2.11. The van der Waals surface area contributed by atoms with Gasteiger partial charge in [-0.15, -0.1) is 0 Å². The molecule has 2 aromatic carbocycles. The summed E-state index contributed by atoms with van der Waals surface area (Å²) in [5.74, 6) is 0.451. The number of methoxy groups -OCH3 is 1. The van der Waals surface area contributed by atoms with Crippen LogP contribution in [0.1, 0.15) is 27.0 Å². The van der Waals surface area contributed by atoms with Gasteiger partial charge in [-0.05, 0) is 30.7 Å². The molecule has 4 nitrogen and oxygen atoms in total. The van der Waals surface area contributed by atoms with Crippen molar-refractivity contribution in [3.8, 4) is 5.75 Å². The normalized spacial score (nSPS) is 10.2. The monoisotopic (exact) mass is 285 g/mol. The summed E-state index contributed by atoms with van der Waals surface area (Å²) in [6.45, 7) is 2.89. The molecule has 0 bridgehead atoms. The number of ether oxygens (including phenoxy) is 2. The van der Waals surface area contributed by atoms with Crippen LogP contribution >= 0.6 is 0 Å². The Bertz CT molecular complexity index is 620. The predicted molar refractivity (Wildman–Crippen MR) is 81.2 cm³/mol. The Balaban J connectivity index is 2.05. The van der Waals surface area contributed by atoms with E-state index in [1.54, 1.807) is 12.1 Å². The molecule has 0 aromatic heterocycles. The molecular formula is C17H19NO3. The number of benzene rings is 2. The fourth-order valence-electron chi connectivity index (χ4n) is 2.02. The Kier molecular flexibility index (Phi) is 4.95. The highest BCUT2D eigenvalue weighted by atomic mass is 16.5. The van der Waals surface area contributed by atoms with Crippen molar-refractivity contribution in [2.75, 3.05) is 7.11 Å². The Morgan fingerprint density at radius 2 is 1.86 bits per heavy atom. The summed E-state index contributed by atoms with van der Waals surface area (Å²) in [5.41, 5.74) is 9.38. The zero-order chi connectivity index (χ0) is 15.2. The first-order valence-corrected chi connectivity index (χ1v) is 6.73. The van der Waals surface area contributed by atoms with Gasteiger partial charge in [0.15, 0.2) is 0 Å². The second-order valence-corrected chi connectivity index (χ2v) is 4.79. The first-order valence-electron chi connectivity index (χ1n) is 6.73. The van der Waals surface area contributed by atoms with E-state index >= 15 is 0 Å². The van der Waals surface area contributed by atoms with Crippen LogP contribution in [0.15, 0.2) is 42.5 Å². The molecule has 0 saturated heterocycles. The van der Waals surface area contributed by atoms with Crippen molar-refractivity contribution in [1.29, 1.82) is 0 Å². The van der Waals surface area contributed by atoms with Crippen LogP contribution in [-0.4, -0.2) is 13.1 Å². The number of carbonyl (C=O) groups excluding carboxylic acids is 1. The van der Waals surface area contributed by atoms with Gasteiger partial charge < -0.3 is 15.2 Å². The van der Waals surface area contributed by atoms with Gasteiger partial charge in [-0.25, -0.2) is 4.79 Å². The van der Waals surface area contributed by atoms with Gasteiger partial charge in [0.2, 0.25) is 0 Å². The van der Waals surface area contributed by atoms with Gasteiger partial charge in [-0.3, -0.25) is 0 Å². The quantitative estimate of drug-likeness (QED) is 0.858. The van der Waals surface area contributed by atoms with Gasteiger partial charge in [-0.2, -0.15) is 0 Å². The molecular weight excluding hydrogens is 266 g/mol. The van der Waals surface area contributed by atoms with Crippen LogP contribution in [0.5, 0.6) is 5.75 Å². The van der Waals surface area contributed by atoms with Crippen molar-refractivity contribution in [1.82, 2.24) is 0 Å². The van der Waals surface area contributed by atoms with Crippen molar-refractivity contribution < 1.29 is 14.3 Å². The average Bonchev–Trinajstić information content (AvgIpc) is 2.53. The number of rotatable bonds is 5. The minimum absolute atomic E-state index is 0.341. The Hall–Kier alpha value is -2.33. The maximum Gasteiger partial charge on any atom is 0.337 e. The molecule has 2 N–H and O–H groups in total. The van der Waals surface area contributed by atoms with Gasteiger partial charge in [-0.1, -0.05) is 29.8 Å². The Labute approximate surface area is 124 Å². The lowest BCUT2D eigenvalue weighted by atomic mass is 10.1. The van der Waals surface area contributed by atoms with E-state index in [2.05, 4.69) is 4.74 Å². The summed E-state index contributed by atoms with van der Waals surface area (Å²) in [6.07, 6.45) is 0. The first-order chi connectivity index (χ1) is 10.1. The average molecular weight is 285 g/mol. The molecule has 0 spiro atoms. The second kappa shape index (κ2) is 6.90. The molecule has 21 heavy (non-hydrogen) atoms. The van der Waals surface area contributed by atoms with E-state index in [-0.39, 0.29) is 5.97 Å². The standard InChI is InChI=1S/C17H19NO3/c1-12-3-8-16(15(9-12)10-18)21-11-13-4-6-14(7-5-13)17(19)20-2/h3-9H,10-11,18H2,1-2H3. The minimum atomic E-state index is -0.341. The molecule has 0 heterocycles. The summed E-state index contributed by atoms with van der Waals surface area (Å²) in [4.78, 5) is 11.4. The summed E-state index contributed by atoms with van der Waals surface area (Å²) < 4.78 is 10.5. The number of esters is 1. The third kappa shape index (κ3) is 3.83. The Morgan fingerprint density at radius 3 is 2.48 bits per heavy atom. The van der Waals surface area contributed by atoms with Gasteiger partial charge in [0.1, 0.15) is 12.4 Å². The largest absolute Gasteiger partial charge is 0.489 e. The van der Waals surface area contributed by atoms with Crippen LogP contribution in [0.25, 0.3) is 0 Å². The maximum atomic E-state index is 11.4. The van der Waals surface area contributed by atoms with Crippen LogP contribution in [0.2, 0.25) is 0 Å². The highest BCUT2D eigenvalue weighted by Gasteiger charge is 2.06. The number of nitrogens with two attached hydrogens (primary N) is 1. The molecule has 0 amide bonds. The molecule has 2 rings (SSSR count). The minimum Gasteiger partial charge on any atom is -0.489 e. The lowest BCUT2D eigenvalue weighted by Crippen LogP contribution is -2.04. The van der Waals surface area contributed by atoms with Gasteiger partial charge in [0.25, 0.3) is 0 Å². The van der Waals surface area contributed by atoms with Crippen LogP contribution in [0.3, 0.4) is 0 Å². The molecule has 0 aliphatic rings. The molecule has 0 radical (unpaired) electrons. The molecule has 0 saturated carbocycles. The lowest BCUT2D eigenvalue weighted by molar-refractivity contribution is 0.0600. The molecule has 4 heteroatoms. The number of aryl methyl sites for hydroxylation is 1. The van der Waals surface area contributed by atoms with Crippen LogP contribution in [-0.2, 0) is 17.9 Å². The fourth-order valence-corrected chi connectivity index (χ4v) is 2.02. The highest BCUT2D eigenvalue weighted by molar-refractivity contribution is 5.89. The Morgan fingerprint density at radius 1 is 1.14 bits per heavy atom. The number of hydrogen-bond acceptors (Lipinski definition) is 4. The summed E-state index contributed by atoms with van der Waals surface area (Å²) >= 11 is 0. The fraction of sp³-hybridized carbons (Fsp3) is 0.235. The number of hydrogen-bond donors (Lipinski definition) is 1. The van der Waals surface area contributed by atoms with Crippen molar-refractivity contribution in [2.45, 2.75) is 20.1 Å². The van der Waals surface area contributed by atoms with E-state index in [9.17, 15) is 4.79 Å². The SMILES string of the molecule is COC(=O)c1ccc(COc2ccc(C)cc2CN)cc1. The third-order valence-corrected chi connectivity index (χ3v) is 3.21.